The van der Waals surface area contributed by atoms with Crippen LogP contribution in [0.1, 0.15) is 6.92 Å². The van der Waals surface area contributed by atoms with Crippen molar-refractivity contribution in [1.29, 1.82) is 0 Å². The van der Waals surface area contributed by atoms with Gasteiger partial charge in [-0.05, 0) is 0 Å². The molecule has 0 amide bonds. The SMILES string of the molecule is CC[I-][N+](C)(C)C. The van der Waals surface area contributed by atoms with Gasteiger partial charge in [0.15, 0.2) is 0 Å². The predicted molar refractivity (Wildman–Crippen MR) is 28.6 cm³/mol. The third-order valence-electron chi connectivity index (χ3n) is 0.478. The molecule has 0 spiro atoms. The first-order chi connectivity index (χ1) is 3.06. The van der Waals surface area contributed by atoms with Gasteiger partial charge in [-0.2, -0.15) is 0 Å². The molecule has 0 unspecified atom stereocenters. The van der Waals surface area contributed by atoms with E-state index in [1.807, 2.05) is 0 Å². The maximum atomic E-state index is 2.26. The van der Waals surface area contributed by atoms with Crippen molar-refractivity contribution >= 4 is 0 Å². The molecule has 0 aromatic rings. The van der Waals surface area contributed by atoms with E-state index in [0.717, 1.165) is 0 Å². The van der Waals surface area contributed by atoms with Crippen LogP contribution in [0.25, 0.3) is 0 Å². The van der Waals surface area contributed by atoms with Crippen LogP contribution in [0.3, 0.4) is 0 Å². The van der Waals surface area contributed by atoms with E-state index in [-0.39, 0.29) is 0 Å². The molecule has 0 heterocycles. The zero-order valence-electron chi connectivity index (χ0n) is 5.53. The molecule has 0 saturated heterocycles. The Labute approximate surface area is 56.9 Å². The van der Waals surface area contributed by atoms with Crippen molar-refractivity contribution in [2.45, 2.75) is 6.92 Å². The Kier molecular flexibility index (Phi) is 3.15. The Balaban J connectivity index is 3.15. The molecule has 0 fully saturated rings. The normalized spacial score (nSPS) is 12.6. The minimum atomic E-state index is 0.422. The summed E-state index contributed by atoms with van der Waals surface area (Å²) in [6.45, 7) is 2.26. The van der Waals surface area contributed by atoms with Crippen molar-refractivity contribution in [2.24, 2.45) is 0 Å². The fraction of sp³-hybridized carbons (Fsp3) is 1.00. The zero-order valence-corrected chi connectivity index (χ0v) is 7.69. The van der Waals surface area contributed by atoms with Crippen LogP contribution < -0.4 is 21.5 Å². The van der Waals surface area contributed by atoms with E-state index < -0.39 is 0 Å². The van der Waals surface area contributed by atoms with E-state index >= 15 is 0 Å². The topological polar surface area (TPSA) is 0 Å². The molecular formula is C5H14IN. The summed E-state index contributed by atoms with van der Waals surface area (Å²) >= 11 is 0.422. The Morgan fingerprint density at radius 1 is 1.29 bits per heavy atom. The van der Waals surface area contributed by atoms with Gasteiger partial charge in [0.05, 0.1) is 0 Å². The van der Waals surface area contributed by atoms with Crippen molar-refractivity contribution in [2.75, 3.05) is 25.6 Å². The molecule has 0 bridgehead atoms. The monoisotopic (exact) mass is 215 g/mol. The number of hydrogen-bond donors (Lipinski definition) is 0. The summed E-state index contributed by atoms with van der Waals surface area (Å²) < 4.78 is 2.60. The Bertz CT molecular complexity index is 46.5. The first-order valence-corrected chi connectivity index (χ1v) is 4.98. The van der Waals surface area contributed by atoms with Crippen LogP contribution in [-0.2, 0) is 0 Å². The van der Waals surface area contributed by atoms with E-state index in [0.29, 0.717) is 21.5 Å². The summed E-state index contributed by atoms with van der Waals surface area (Å²) in [4.78, 5) is 0. The Morgan fingerprint density at radius 3 is 1.71 bits per heavy atom. The average molecular weight is 215 g/mol. The fourth-order valence-electron chi connectivity index (χ4n) is 0.359. The summed E-state index contributed by atoms with van der Waals surface area (Å²) in [5, 5.41) is 0. The first-order valence-electron chi connectivity index (χ1n) is 2.49. The molecule has 0 aliphatic carbocycles. The summed E-state index contributed by atoms with van der Waals surface area (Å²) in [5.41, 5.74) is 0. The van der Waals surface area contributed by atoms with Gasteiger partial charge >= 0.3 is 56.7 Å². The minimum absolute atomic E-state index is 0.422. The van der Waals surface area contributed by atoms with Gasteiger partial charge in [0.2, 0.25) is 0 Å². The van der Waals surface area contributed by atoms with E-state index in [2.05, 4.69) is 28.1 Å². The number of rotatable bonds is 2. The molecule has 0 atom stereocenters. The summed E-state index contributed by atoms with van der Waals surface area (Å²) in [5.74, 6) is 0. The second-order valence-corrected chi connectivity index (χ2v) is 7.34. The summed E-state index contributed by atoms with van der Waals surface area (Å²) in [6.07, 6.45) is 0. The second-order valence-electron chi connectivity index (χ2n) is 2.24. The fourth-order valence-corrected chi connectivity index (χ4v) is 2.41. The van der Waals surface area contributed by atoms with Gasteiger partial charge in [-0.25, -0.2) is 0 Å². The number of alkyl halides is 1. The second kappa shape index (κ2) is 2.87. The van der Waals surface area contributed by atoms with E-state index in [9.17, 15) is 0 Å². The van der Waals surface area contributed by atoms with Gasteiger partial charge < -0.3 is 0 Å². The molecule has 0 aliphatic heterocycles. The third kappa shape index (κ3) is 6.69. The quantitative estimate of drug-likeness (QED) is 0.276. The van der Waals surface area contributed by atoms with Crippen molar-refractivity contribution < 1.29 is 24.2 Å². The number of nitrogens with zero attached hydrogens (tertiary/aromatic N) is 1. The van der Waals surface area contributed by atoms with E-state index in [1.54, 1.807) is 0 Å². The van der Waals surface area contributed by atoms with E-state index in [4.69, 9.17) is 0 Å². The van der Waals surface area contributed by atoms with Gasteiger partial charge in [-0.1, -0.05) is 0 Å². The van der Waals surface area contributed by atoms with Crippen molar-refractivity contribution in [3.8, 4) is 0 Å². The van der Waals surface area contributed by atoms with Gasteiger partial charge in [-0.3, -0.25) is 0 Å². The molecule has 7 heavy (non-hydrogen) atoms. The van der Waals surface area contributed by atoms with Crippen molar-refractivity contribution in [3.05, 3.63) is 0 Å². The molecule has 46 valence electrons. The molecule has 0 saturated carbocycles. The van der Waals surface area contributed by atoms with Crippen molar-refractivity contribution in [1.82, 2.24) is 0 Å². The van der Waals surface area contributed by atoms with Crippen molar-refractivity contribution in [3.63, 3.8) is 0 Å². The van der Waals surface area contributed by atoms with Crippen LogP contribution in [0.15, 0.2) is 0 Å². The zero-order chi connectivity index (χ0) is 5.91. The van der Waals surface area contributed by atoms with E-state index in [1.165, 1.54) is 7.12 Å². The number of quaternary nitrogens is 1. The Morgan fingerprint density at radius 2 is 1.71 bits per heavy atom. The van der Waals surface area contributed by atoms with Gasteiger partial charge in [0, 0.05) is 0 Å². The number of hydrogen-bond acceptors (Lipinski definition) is 0. The van der Waals surface area contributed by atoms with Crippen LogP contribution in [0.5, 0.6) is 0 Å². The maximum absolute atomic E-state index is 2.26. The third-order valence-corrected chi connectivity index (χ3v) is 3.21. The van der Waals surface area contributed by atoms with Crippen LogP contribution in [0.2, 0.25) is 0 Å². The molecular weight excluding hydrogens is 201 g/mol. The van der Waals surface area contributed by atoms with Crippen LogP contribution in [0.4, 0.5) is 0 Å². The molecule has 0 rings (SSSR count). The molecule has 0 aromatic carbocycles. The van der Waals surface area contributed by atoms with Gasteiger partial charge in [0.1, 0.15) is 0 Å². The molecule has 1 nitrogen and oxygen atoms in total. The van der Waals surface area contributed by atoms with Gasteiger partial charge in [-0.15, -0.1) is 0 Å². The molecule has 0 N–H and O–H groups in total. The molecule has 0 aliphatic rings. The number of halogens is 1. The van der Waals surface area contributed by atoms with Crippen LogP contribution in [-0.4, -0.2) is 28.3 Å². The Hall–Kier alpha value is 0.690. The molecule has 2 heteroatoms. The average Bonchev–Trinajstić information content (AvgIpc) is 1.30. The summed E-state index contributed by atoms with van der Waals surface area (Å²) in [7, 11) is 6.78. The standard InChI is InChI=1S/C5H14IN/c1-5-6-7(2,3)4/h5H2,1-4H3. The molecule has 0 aromatic heterocycles. The summed E-state index contributed by atoms with van der Waals surface area (Å²) in [6, 6.07) is 0. The van der Waals surface area contributed by atoms with Gasteiger partial charge in [0.25, 0.3) is 0 Å². The molecule has 0 radical (unpaired) electrons. The predicted octanol–water partition coefficient (Wildman–Crippen LogP) is -2.28. The van der Waals surface area contributed by atoms with Crippen LogP contribution in [0, 0.1) is 0 Å². The first kappa shape index (κ1) is 7.69. The van der Waals surface area contributed by atoms with Crippen LogP contribution >= 0.6 is 0 Å².